The predicted octanol–water partition coefficient (Wildman–Crippen LogP) is 3.08. The average Bonchev–Trinajstić information content (AvgIpc) is 2.50. The van der Waals surface area contributed by atoms with E-state index in [-0.39, 0.29) is 11.4 Å². The molecule has 2 aromatic rings. The van der Waals surface area contributed by atoms with Crippen LogP contribution in [-0.4, -0.2) is 18.5 Å². The molecule has 3 nitrogen and oxygen atoms in total. The second-order valence-electron chi connectivity index (χ2n) is 4.75. The summed E-state index contributed by atoms with van der Waals surface area (Å²) in [5.41, 5.74) is 2.96. The zero-order valence-electron chi connectivity index (χ0n) is 11.2. The van der Waals surface area contributed by atoms with Gasteiger partial charge in [0.15, 0.2) is 5.50 Å². The van der Waals surface area contributed by atoms with Crippen molar-refractivity contribution in [1.82, 2.24) is 5.32 Å². The van der Waals surface area contributed by atoms with E-state index in [4.69, 9.17) is 0 Å². The highest BCUT2D eigenvalue weighted by molar-refractivity contribution is 7.99. The van der Waals surface area contributed by atoms with Gasteiger partial charge < -0.3 is 10.2 Å². The van der Waals surface area contributed by atoms with Crippen LogP contribution in [0.5, 0.6) is 0 Å². The SMILES string of the molecule is CN1c2ccccc2C(=O)NC1SCc1ccccc1. The fourth-order valence-electron chi connectivity index (χ4n) is 2.29. The van der Waals surface area contributed by atoms with Crippen LogP contribution in [0.25, 0.3) is 0 Å². The highest BCUT2D eigenvalue weighted by Gasteiger charge is 2.27. The molecule has 1 amide bonds. The van der Waals surface area contributed by atoms with Gasteiger partial charge in [-0.05, 0) is 17.7 Å². The number of hydrogen-bond acceptors (Lipinski definition) is 3. The first-order chi connectivity index (χ1) is 9.75. The average molecular weight is 284 g/mol. The number of carbonyl (C=O) groups is 1. The van der Waals surface area contributed by atoms with E-state index in [1.165, 1.54) is 5.56 Å². The van der Waals surface area contributed by atoms with Gasteiger partial charge in [-0.1, -0.05) is 42.5 Å². The second-order valence-corrected chi connectivity index (χ2v) is 5.82. The Morgan fingerprint density at radius 3 is 2.60 bits per heavy atom. The molecule has 0 saturated heterocycles. The monoisotopic (exact) mass is 284 g/mol. The topological polar surface area (TPSA) is 32.3 Å². The fourth-order valence-corrected chi connectivity index (χ4v) is 3.36. The number of hydrogen-bond donors (Lipinski definition) is 1. The summed E-state index contributed by atoms with van der Waals surface area (Å²) in [6, 6.07) is 18.0. The van der Waals surface area contributed by atoms with Crippen molar-refractivity contribution in [2.45, 2.75) is 11.3 Å². The molecule has 20 heavy (non-hydrogen) atoms. The third-order valence-corrected chi connectivity index (χ3v) is 4.64. The molecular formula is C16H16N2OS. The smallest absolute Gasteiger partial charge is 0.255 e. The van der Waals surface area contributed by atoms with Crippen molar-refractivity contribution in [2.75, 3.05) is 11.9 Å². The van der Waals surface area contributed by atoms with Gasteiger partial charge >= 0.3 is 0 Å². The number of nitrogens with zero attached hydrogens (tertiary/aromatic N) is 1. The third-order valence-electron chi connectivity index (χ3n) is 3.39. The van der Waals surface area contributed by atoms with E-state index in [1.807, 2.05) is 49.5 Å². The predicted molar refractivity (Wildman–Crippen MR) is 83.8 cm³/mol. The zero-order chi connectivity index (χ0) is 13.9. The van der Waals surface area contributed by atoms with Crippen LogP contribution in [0.4, 0.5) is 5.69 Å². The summed E-state index contributed by atoms with van der Waals surface area (Å²) in [5, 5.41) is 3.04. The Labute approximate surface area is 123 Å². The van der Waals surface area contributed by atoms with Crippen LogP contribution in [0.2, 0.25) is 0 Å². The Hall–Kier alpha value is -1.94. The number of rotatable bonds is 3. The Morgan fingerprint density at radius 1 is 1.10 bits per heavy atom. The molecule has 1 heterocycles. The molecule has 0 aromatic heterocycles. The van der Waals surface area contributed by atoms with E-state index in [0.717, 1.165) is 17.0 Å². The van der Waals surface area contributed by atoms with Crippen LogP contribution >= 0.6 is 11.8 Å². The van der Waals surface area contributed by atoms with E-state index < -0.39 is 0 Å². The number of carbonyl (C=O) groups excluding carboxylic acids is 1. The van der Waals surface area contributed by atoms with Crippen LogP contribution in [0.1, 0.15) is 15.9 Å². The molecule has 0 aliphatic carbocycles. The number of para-hydroxylation sites is 1. The zero-order valence-corrected chi connectivity index (χ0v) is 12.1. The van der Waals surface area contributed by atoms with Crippen molar-refractivity contribution in [2.24, 2.45) is 0 Å². The van der Waals surface area contributed by atoms with Gasteiger partial charge in [0.1, 0.15) is 0 Å². The number of benzene rings is 2. The summed E-state index contributed by atoms with van der Waals surface area (Å²) in [6.07, 6.45) is 0. The number of fused-ring (bicyclic) bond motifs is 1. The Bertz CT molecular complexity index is 615. The molecule has 2 aromatic carbocycles. The maximum Gasteiger partial charge on any atom is 0.255 e. The standard InChI is InChI=1S/C16H16N2OS/c1-18-14-10-6-5-9-13(14)15(19)17-16(18)20-11-12-7-3-2-4-8-12/h2-10,16H,11H2,1H3,(H,17,19). The quantitative estimate of drug-likeness (QED) is 0.940. The molecule has 0 bridgehead atoms. The van der Waals surface area contributed by atoms with E-state index in [2.05, 4.69) is 22.3 Å². The van der Waals surface area contributed by atoms with Crippen molar-refractivity contribution in [1.29, 1.82) is 0 Å². The molecule has 0 saturated carbocycles. The Kier molecular flexibility index (Phi) is 3.65. The maximum absolute atomic E-state index is 12.1. The van der Waals surface area contributed by atoms with E-state index in [1.54, 1.807) is 11.8 Å². The van der Waals surface area contributed by atoms with Gasteiger partial charge in [0, 0.05) is 12.8 Å². The summed E-state index contributed by atoms with van der Waals surface area (Å²) >= 11 is 1.72. The minimum atomic E-state index is -0.0300. The van der Waals surface area contributed by atoms with Gasteiger partial charge in [-0.2, -0.15) is 0 Å². The highest BCUT2D eigenvalue weighted by Crippen LogP contribution is 2.30. The van der Waals surface area contributed by atoms with Crippen molar-refractivity contribution < 1.29 is 4.79 Å². The van der Waals surface area contributed by atoms with Crippen LogP contribution < -0.4 is 10.2 Å². The Morgan fingerprint density at radius 2 is 1.80 bits per heavy atom. The van der Waals surface area contributed by atoms with Gasteiger partial charge in [0.05, 0.1) is 11.3 Å². The van der Waals surface area contributed by atoms with Crippen LogP contribution in [0.3, 0.4) is 0 Å². The first-order valence-electron chi connectivity index (χ1n) is 6.54. The summed E-state index contributed by atoms with van der Waals surface area (Å²) in [5.74, 6) is 0.877. The largest absolute Gasteiger partial charge is 0.345 e. The third kappa shape index (κ3) is 2.51. The summed E-state index contributed by atoms with van der Waals surface area (Å²) < 4.78 is 0. The van der Waals surface area contributed by atoms with Crippen molar-refractivity contribution in [3.05, 3.63) is 65.7 Å². The van der Waals surface area contributed by atoms with E-state index >= 15 is 0 Å². The molecule has 1 aliphatic heterocycles. The lowest BCUT2D eigenvalue weighted by Crippen LogP contribution is -2.49. The lowest BCUT2D eigenvalue weighted by Gasteiger charge is -2.35. The number of amides is 1. The van der Waals surface area contributed by atoms with Crippen LogP contribution in [0.15, 0.2) is 54.6 Å². The maximum atomic E-state index is 12.1. The Balaban J connectivity index is 1.75. The van der Waals surface area contributed by atoms with Crippen molar-refractivity contribution in [3.8, 4) is 0 Å². The second kappa shape index (κ2) is 5.59. The summed E-state index contributed by atoms with van der Waals surface area (Å²) in [4.78, 5) is 14.2. The molecule has 1 unspecified atom stereocenters. The minimum absolute atomic E-state index is 0.00395. The van der Waals surface area contributed by atoms with Crippen LogP contribution in [0, 0.1) is 0 Å². The minimum Gasteiger partial charge on any atom is -0.345 e. The van der Waals surface area contributed by atoms with Crippen molar-refractivity contribution >= 4 is 23.4 Å². The summed E-state index contributed by atoms with van der Waals surface area (Å²) in [6.45, 7) is 0. The molecular weight excluding hydrogens is 268 g/mol. The van der Waals surface area contributed by atoms with Crippen molar-refractivity contribution in [3.63, 3.8) is 0 Å². The van der Waals surface area contributed by atoms with Gasteiger partial charge in [0.25, 0.3) is 5.91 Å². The molecule has 0 spiro atoms. The van der Waals surface area contributed by atoms with Gasteiger partial charge in [-0.3, -0.25) is 4.79 Å². The first kappa shape index (κ1) is 13.1. The fraction of sp³-hybridized carbons (Fsp3) is 0.188. The molecule has 0 fully saturated rings. The highest BCUT2D eigenvalue weighted by atomic mass is 32.2. The first-order valence-corrected chi connectivity index (χ1v) is 7.59. The van der Waals surface area contributed by atoms with Gasteiger partial charge in [-0.15, -0.1) is 11.8 Å². The molecule has 1 atom stereocenters. The number of anilines is 1. The summed E-state index contributed by atoms with van der Waals surface area (Å²) in [7, 11) is 2.01. The molecule has 4 heteroatoms. The van der Waals surface area contributed by atoms with Gasteiger partial charge in [0.2, 0.25) is 0 Å². The normalized spacial score (nSPS) is 17.6. The molecule has 102 valence electrons. The molecule has 3 rings (SSSR count). The lowest BCUT2D eigenvalue weighted by molar-refractivity contribution is 0.0943. The number of thioether (sulfide) groups is 1. The molecule has 1 N–H and O–H groups in total. The van der Waals surface area contributed by atoms with Crippen LogP contribution in [-0.2, 0) is 5.75 Å². The molecule has 1 aliphatic rings. The lowest BCUT2D eigenvalue weighted by atomic mass is 10.1. The van der Waals surface area contributed by atoms with E-state index in [9.17, 15) is 4.79 Å². The molecule has 0 radical (unpaired) electrons. The van der Waals surface area contributed by atoms with Gasteiger partial charge in [-0.25, -0.2) is 0 Å². The van der Waals surface area contributed by atoms with E-state index in [0.29, 0.717) is 0 Å². The number of nitrogens with one attached hydrogen (secondary N) is 1.